The number of hydrogen-bond donors (Lipinski definition) is 4. The average molecular weight is 343 g/mol. The summed E-state index contributed by atoms with van der Waals surface area (Å²) in [5, 5.41) is 14.0. The van der Waals surface area contributed by atoms with Gasteiger partial charge in [0.2, 0.25) is 11.8 Å². The van der Waals surface area contributed by atoms with Crippen LogP contribution in [0.15, 0.2) is 12.7 Å². The Labute approximate surface area is 142 Å². The van der Waals surface area contributed by atoms with E-state index in [0.717, 1.165) is 0 Å². The van der Waals surface area contributed by atoms with Crippen molar-refractivity contribution in [3.63, 3.8) is 0 Å². The van der Waals surface area contributed by atoms with Gasteiger partial charge in [0.15, 0.2) is 0 Å². The maximum Gasteiger partial charge on any atom is 0.329 e. The molecule has 3 atom stereocenters. The van der Waals surface area contributed by atoms with E-state index in [1.807, 2.05) is 0 Å². The molecule has 0 aromatic rings. The second kappa shape index (κ2) is 10.8. The maximum absolute atomic E-state index is 12.5. The molecule has 0 bridgehead atoms. The zero-order valence-corrected chi connectivity index (χ0v) is 14.7. The average Bonchev–Trinajstić information content (AvgIpc) is 2.53. The van der Waals surface area contributed by atoms with Gasteiger partial charge in [0.05, 0.1) is 6.61 Å². The minimum atomic E-state index is -1.11. The fourth-order valence-corrected chi connectivity index (χ4v) is 1.85. The summed E-state index contributed by atoms with van der Waals surface area (Å²) < 4.78 is 4.98. The van der Waals surface area contributed by atoms with E-state index in [1.165, 1.54) is 6.08 Å². The Morgan fingerprint density at radius 2 is 1.58 bits per heavy atom. The third kappa shape index (κ3) is 7.10. The number of hydrogen-bond acceptors (Lipinski definition) is 6. The van der Waals surface area contributed by atoms with Gasteiger partial charge >= 0.3 is 5.97 Å². The van der Waals surface area contributed by atoms with Gasteiger partial charge < -0.3 is 26.2 Å². The van der Waals surface area contributed by atoms with Crippen LogP contribution in [0.5, 0.6) is 0 Å². The quantitative estimate of drug-likeness (QED) is 0.307. The van der Waals surface area contributed by atoms with Crippen LogP contribution in [0.1, 0.15) is 27.7 Å². The molecule has 2 amide bonds. The highest BCUT2D eigenvalue weighted by Crippen LogP contribution is 2.08. The highest BCUT2D eigenvalue weighted by atomic mass is 16.5. The number of rotatable bonds is 10. The number of amides is 2. The van der Waals surface area contributed by atoms with Crippen molar-refractivity contribution in [1.82, 2.24) is 10.6 Å². The van der Waals surface area contributed by atoms with Crippen molar-refractivity contribution in [2.45, 2.75) is 45.8 Å². The summed E-state index contributed by atoms with van der Waals surface area (Å²) in [6.45, 7) is 10.0. The second-order valence-corrected chi connectivity index (χ2v) is 6.17. The number of aliphatic hydroxyl groups excluding tert-OH is 1. The van der Waals surface area contributed by atoms with E-state index in [2.05, 4.69) is 17.2 Å². The van der Waals surface area contributed by atoms with Crippen LogP contribution in [0.25, 0.3) is 0 Å². The maximum atomic E-state index is 12.5. The van der Waals surface area contributed by atoms with Crippen LogP contribution in [-0.4, -0.2) is 54.2 Å². The molecule has 0 aromatic carbocycles. The van der Waals surface area contributed by atoms with Crippen molar-refractivity contribution in [3.05, 3.63) is 12.7 Å². The first-order valence-corrected chi connectivity index (χ1v) is 7.90. The van der Waals surface area contributed by atoms with Crippen LogP contribution < -0.4 is 16.4 Å². The molecule has 138 valence electrons. The molecule has 0 unspecified atom stereocenters. The highest BCUT2D eigenvalue weighted by Gasteiger charge is 2.31. The Hall–Kier alpha value is -1.93. The van der Waals surface area contributed by atoms with E-state index >= 15 is 0 Å². The summed E-state index contributed by atoms with van der Waals surface area (Å²) in [4.78, 5) is 36.3. The van der Waals surface area contributed by atoms with Crippen LogP contribution in [0.4, 0.5) is 0 Å². The van der Waals surface area contributed by atoms with Gasteiger partial charge in [-0.25, -0.2) is 4.79 Å². The van der Waals surface area contributed by atoms with Gasteiger partial charge in [-0.05, 0) is 11.8 Å². The first-order valence-electron chi connectivity index (χ1n) is 7.90. The lowest BCUT2D eigenvalue weighted by Crippen LogP contribution is -2.57. The molecule has 0 aromatic heterocycles. The lowest BCUT2D eigenvalue weighted by Gasteiger charge is -2.27. The molecule has 8 nitrogen and oxygen atoms in total. The SMILES string of the molecule is C=CCOC(=O)[C@@H](NC(=O)[C@@H](NC(=O)[C@@H](N)CO)C(C)C)C(C)C. The summed E-state index contributed by atoms with van der Waals surface area (Å²) in [6.07, 6.45) is 1.44. The molecule has 0 heterocycles. The Morgan fingerprint density at radius 1 is 1.08 bits per heavy atom. The zero-order chi connectivity index (χ0) is 18.9. The second-order valence-electron chi connectivity index (χ2n) is 6.17. The summed E-state index contributed by atoms with van der Waals surface area (Å²) >= 11 is 0. The molecule has 0 rings (SSSR count). The minimum absolute atomic E-state index is 0.0492. The molecule has 0 saturated heterocycles. The van der Waals surface area contributed by atoms with Crippen LogP contribution >= 0.6 is 0 Å². The summed E-state index contributed by atoms with van der Waals surface area (Å²) in [6, 6.07) is -2.84. The van der Waals surface area contributed by atoms with E-state index in [0.29, 0.717) is 0 Å². The molecule has 0 fully saturated rings. The zero-order valence-electron chi connectivity index (χ0n) is 14.7. The van der Waals surface area contributed by atoms with E-state index in [9.17, 15) is 14.4 Å². The van der Waals surface area contributed by atoms with Crippen molar-refractivity contribution in [2.24, 2.45) is 17.6 Å². The molecular weight excluding hydrogens is 314 g/mol. The Morgan fingerprint density at radius 3 is 2.00 bits per heavy atom. The number of aliphatic hydroxyl groups is 1. The lowest BCUT2D eigenvalue weighted by molar-refractivity contribution is -0.148. The van der Waals surface area contributed by atoms with Crippen LogP contribution in [0.2, 0.25) is 0 Å². The van der Waals surface area contributed by atoms with Crippen molar-refractivity contribution in [3.8, 4) is 0 Å². The normalized spacial score (nSPS) is 14.7. The van der Waals surface area contributed by atoms with Gasteiger partial charge in [-0.3, -0.25) is 9.59 Å². The van der Waals surface area contributed by atoms with E-state index in [-0.39, 0.29) is 18.4 Å². The van der Waals surface area contributed by atoms with Gasteiger partial charge in [-0.1, -0.05) is 40.3 Å². The number of carbonyl (C=O) groups is 3. The molecule has 0 aliphatic carbocycles. The van der Waals surface area contributed by atoms with Crippen molar-refractivity contribution in [1.29, 1.82) is 0 Å². The predicted octanol–water partition coefficient (Wildman–Crippen LogP) is -0.683. The fourth-order valence-electron chi connectivity index (χ4n) is 1.85. The third-order valence-electron chi connectivity index (χ3n) is 3.34. The summed E-state index contributed by atoms with van der Waals surface area (Å²) in [7, 11) is 0. The summed E-state index contributed by atoms with van der Waals surface area (Å²) in [5.41, 5.74) is 5.44. The largest absolute Gasteiger partial charge is 0.460 e. The van der Waals surface area contributed by atoms with Crippen LogP contribution in [-0.2, 0) is 19.1 Å². The topological polar surface area (TPSA) is 131 Å². The van der Waals surface area contributed by atoms with Gasteiger partial charge in [-0.2, -0.15) is 0 Å². The van der Waals surface area contributed by atoms with E-state index in [1.54, 1.807) is 27.7 Å². The van der Waals surface area contributed by atoms with Crippen LogP contribution in [0, 0.1) is 11.8 Å². The number of nitrogens with two attached hydrogens (primary N) is 1. The molecule has 5 N–H and O–H groups in total. The van der Waals surface area contributed by atoms with E-state index in [4.69, 9.17) is 15.6 Å². The molecule has 24 heavy (non-hydrogen) atoms. The predicted molar refractivity (Wildman–Crippen MR) is 89.8 cm³/mol. The molecule has 0 spiro atoms. The van der Waals surface area contributed by atoms with Crippen molar-refractivity contribution in [2.75, 3.05) is 13.2 Å². The van der Waals surface area contributed by atoms with Crippen molar-refractivity contribution < 1.29 is 24.2 Å². The van der Waals surface area contributed by atoms with Crippen molar-refractivity contribution >= 4 is 17.8 Å². The lowest BCUT2D eigenvalue weighted by atomic mass is 10.00. The Balaban J connectivity index is 5.04. The molecule has 8 heteroatoms. The first kappa shape index (κ1) is 22.1. The fraction of sp³-hybridized carbons (Fsp3) is 0.688. The molecule has 0 saturated carbocycles. The van der Waals surface area contributed by atoms with Gasteiger partial charge in [-0.15, -0.1) is 0 Å². The number of ether oxygens (including phenoxy) is 1. The number of esters is 1. The summed E-state index contributed by atoms with van der Waals surface area (Å²) in [5.74, 6) is -2.16. The van der Waals surface area contributed by atoms with Gasteiger partial charge in [0.1, 0.15) is 24.7 Å². The third-order valence-corrected chi connectivity index (χ3v) is 3.34. The Bertz CT molecular complexity index is 451. The standard InChI is InChI=1S/C16H29N3O5/c1-6-7-24-16(23)13(10(4)5)19-15(22)12(9(2)3)18-14(21)11(17)8-20/h6,9-13,20H,1,7-8,17H2,2-5H3,(H,18,21)(H,19,22)/t11-,12-,13-/m0/s1. The Kier molecular flexibility index (Phi) is 9.91. The van der Waals surface area contributed by atoms with Gasteiger partial charge in [0, 0.05) is 0 Å². The molecule has 0 aliphatic heterocycles. The van der Waals surface area contributed by atoms with Crippen LogP contribution in [0.3, 0.4) is 0 Å². The van der Waals surface area contributed by atoms with Gasteiger partial charge in [0.25, 0.3) is 0 Å². The first-order chi connectivity index (χ1) is 11.1. The monoisotopic (exact) mass is 343 g/mol. The molecular formula is C16H29N3O5. The highest BCUT2D eigenvalue weighted by molar-refractivity contribution is 5.92. The van der Waals surface area contributed by atoms with E-state index < -0.39 is 42.5 Å². The number of nitrogens with one attached hydrogen (secondary N) is 2. The number of carbonyl (C=O) groups excluding carboxylic acids is 3. The minimum Gasteiger partial charge on any atom is -0.460 e. The molecule has 0 aliphatic rings. The molecule has 0 radical (unpaired) electrons. The smallest absolute Gasteiger partial charge is 0.329 e.